The number of rotatable bonds is 7. The number of aromatic nitrogens is 4. The van der Waals surface area contributed by atoms with E-state index in [-0.39, 0.29) is 17.8 Å². The average molecular weight is 428 g/mol. The van der Waals surface area contributed by atoms with Gasteiger partial charge in [0.25, 0.3) is 5.56 Å². The van der Waals surface area contributed by atoms with Crippen LogP contribution < -0.4 is 20.9 Å². The van der Waals surface area contributed by atoms with Crippen LogP contribution in [0.25, 0.3) is 11.2 Å². The van der Waals surface area contributed by atoms with Crippen molar-refractivity contribution in [3.63, 3.8) is 0 Å². The molecule has 1 aliphatic rings. The van der Waals surface area contributed by atoms with Crippen LogP contribution in [0.2, 0.25) is 0 Å². The van der Waals surface area contributed by atoms with Crippen molar-refractivity contribution < 1.29 is 9.84 Å². The molecule has 1 N–H and O–H groups in total. The highest BCUT2D eigenvalue weighted by molar-refractivity contribution is 5.77. The van der Waals surface area contributed by atoms with Crippen LogP contribution in [0.1, 0.15) is 33.1 Å². The van der Waals surface area contributed by atoms with E-state index in [0.29, 0.717) is 36.8 Å². The van der Waals surface area contributed by atoms with Crippen LogP contribution in [0.5, 0.6) is 5.75 Å². The molecule has 3 heterocycles. The molecule has 2 aromatic heterocycles. The lowest BCUT2D eigenvalue weighted by Crippen LogP contribution is -2.41. The molecule has 0 amide bonds. The second kappa shape index (κ2) is 8.58. The van der Waals surface area contributed by atoms with Crippen LogP contribution in [0.15, 0.2) is 33.9 Å². The zero-order valence-corrected chi connectivity index (χ0v) is 18.2. The minimum Gasteiger partial charge on any atom is -0.494 e. The molecule has 0 saturated carbocycles. The number of hydrogen-bond donors (Lipinski definition) is 1. The monoisotopic (exact) mass is 427 g/mol. The lowest BCUT2D eigenvalue weighted by atomic mass is 10.2. The van der Waals surface area contributed by atoms with E-state index in [1.807, 2.05) is 36.1 Å². The van der Waals surface area contributed by atoms with E-state index in [1.165, 1.54) is 9.13 Å². The smallest absolute Gasteiger partial charge is 0.332 e. The van der Waals surface area contributed by atoms with E-state index in [4.69, 9.17) is 4.74 Å². The Bertz CT molecular complexity index is 1190. The standard InChI is InChI=1S/C22H29N5O4/c1-4-6-7-12-25-20(29)18-19(24(3)22(25)30)23-21-26(13-16(28)14-27(18)21)15-8-10-17(11-9-15)31-5-2/h8-11,16,28H,4-7,12-14H2,1-3H3. The number of unbranched alkanes of at least 4 members (excludes halogenated alkanes) is 2. The topological polar surface area (TPSA) is 94.5 Å². The van der Waals surface area contributed by atoms with E-state index in [9.17, 15) is 14.7 Å². The molecule has 0 bridgehead atoms. The maximum absolute atomic E-state index is 13.3. The van der Waals surface area contributed by atoms with E-state index < -0.39 is 6.10 Å². The molecule has 0 fully saturated rings. The maximum Gasteiger partial charge on any atom is 0.332 e. The van der Waals surface area contributed by atoms with Gasteiger partial charge in [-0.15, -0.1) is 0 Å². The number of aryl methyl sites for hydroxylation is 1. The minimum absolute atomic E-state index is 0.252. The minimum atomic E-state index is -0.679. The molecule has 1 unspecified atom stereocenters. The first kappa shape index (κ1) is 21.2. The Morgan fingerprint density at radius 1 is 1.13 bits per heavy atom. The molecule has 0 spiro atoms. The van der Waals surface area contributed by atoms with Crippen molar-refractivity contribution in [2.24, 2.45) is 7.05 Å². The number of ether oxygens (including phenoxy) is 1. The van der Waals surface area contributed by atoms with Gasteiger partial charge >= 0.3 is 5.69 Å². The van der Waals surface area contributed by atoms with Crippen molar-refractivity contribution >= 4 is 22.8 Å². The molecular formula is C22H29N5O4. The summed E-state index contributed by atoms with van der Waals surface area (Å²) < 4.78 is 9.96. The van der Waals surface area contributed by atoms with Crippen LogP contribution in [0.4, 0.5) is 11.6 Å². The van der Waals surface area contributed by atoms with Gasteiger partial charge in [0.05, 0.1) is 25.8 Å². The average Bonchev–Trinajstić information content (AvgIpc) is 3.14. The summed E-state index contributed by atoms with van der Waals surface area (Å²) in [6, 6.07) is 7.52. The molecule has 1 aliphatic heterocycles. The lowest BCUT2D eigenvalue weighted by molar-refractivity contribution is 0.154. The van der Waals surface area contributed by atoms with E-state index in [2.05, 4.69) is 11.9 Å². The molecule has 9 heteroatoms. The van der Waals surface area contributed by atoms with Crippen molar-refractivity contribution in [3.05, 3.63) is 45.1 Å². The summed E-state index contributed by atoms with van der Waals surface area (Å²) in [5.41, 5.74) is 0.794. The quantitative estimate of drug-likeness (QED) is 0.580. The molecule has 0 radical (unpaired) electrons. The zero-order valence-electron chi connectivity index (χ0n) is 18.2. The zero-order chi connectivity index (χ0) is 22.1. The van der Waals surface area contributed by atoms with Gasteiger partial charge in [0.1, 0.15) is 5.75 Å². The van der Waals surface area contributed by atoms with Gasteiger partial charge in [0.2, 0.25) is 5.95 Å². The van der Waals surface area contributed by atoms with E-state index in [1.54, 1.807) is 11.6 Å². The number of nitrogens with zero attached hydrogens (tertiary/aromatic N) is 5. The predicted molar refractivity (Wildman–Crippen MR) is 119 cm³/mol. The second-order valence-electron chi connectivity index (χ2n) is 7.89. The van der Waals surface area contributed by atoms with Crippen LogP contribution in [-0.4, -0.2) is 43.0 Å². The summed E-state index contributed by atoms with van der Waals surface area (Å²) >= 11 is 0. The van der Waals surface area contributed by atoms with Gasteiger partial charge in [-0.25, -0.2) is 4.79 Å². The first-order valence-electron chi connectivity index (χ1n) is 10.8. The van der Waals surface area contributed by atoms with Crippen molar-refractivity contribution in [2.45, 2.75) is 52.3 Å². The number of benzene rings is 1. The Labute approximate surface area is 180 Å². The van der Waals surface area contributed by atoms with Crippen molar-refractivity contribution in [3.8, 4) is 5.75 Å². The van der Waals surface area contributed by atoms with Gasteiger partial charge in [0.15, 0.2) is 11.2 Å². The summed E-state index contributed by atoms with van der Waals surface area (Å²) in [7, 11) is 1.64. The van der Waals surface area contributed by atoms with Gasteiger partial charge in [0, 0.05) is 19.3 Å². The van der Waals surface area contributed by atoms with Crippen molar-refractivity contribution in [1.29, 1.82) is 0 Å². The van der Waals surface area contributed by atoms with E-state index in [0.717, 1.165) is 30.7 Å². The maximum atomic E-state index is 13.3. The highest BCUT2D eigenvalue weighted by atomic mass is 16.5. The predicted octanol–water partition coefficient (Wildman–Crippen LogP) is 2.00. The summed E-state index contributed by atoms with van der Waals surface area (Å²) in [6.07, 6.45) is 2.03. The molecular weight excluding hydrogens is 398 g/mol. The summed E-state index contributed by atoms with van der Waals surface area (Å²) in [5.74, 6) is 1.30. The number of β-amino-alcohol motifs (C(OH)–C–C–N with tert-alkyl or cyclic N) is 1. The third-order valence-corrected chi connectivity index (χ3v) is 5.69. The Balaban J connectivity index is 1.85. The van der Waals surface area contributed by atoms with E-state index >= 15 is 0 Å². The molecule has 166 valence electrons. The van der Waals surface area contributed by atoms with Crippen molar-refractivity contribution in [2.75, 3.05) is 18.1 Å². The van der Waals surface area contributed by atoms with Gasteiger partial charge in [-0.2, -0.15) is 4.98 Å². The Hall–Kier alpha value is -3.07. The molecule has 3 aromatic rings. The van der Waals surface area contributed by atoms with Crippen LogP contribution in [0, 0.1) is 0 Å². The first-order valence-corrected chi connectivity index (χ1v) is 10.8. The van der Waals surface area contributed by atoms with Crippen LogP contribution >= 0.6 is 0 Å². The highest BCUT2D eigenvalue weighted by Crippen LogP contribution is 2.32. The van der Waals surface area contributed by atoms with Gasteiger partial charge in [-0.05, 0) is 37.6 Å². The number of aliphatic hydroxyl groups excluding tert-OH is 1. The highest BCUT2D eigenvalue weighted by Gasteiger charge is 2.30. The molecule has 4 rings (SSSR count). The van der Waals surface area contributed by atoms with Gasteiger partial charge in [-0.1, -0.05) is 19.8 Å². The Kier molecular flexibility index (Phi) is 5.86. The summed E-state index contributed by atoms with van der Waals surface area (Å²) in [5, 5.41) is 10.6. The lowest BCUT2D eigenvalue weighted by Gasteiger charge is -2.32. The molecule has 1 aromatic carbocycles. The summed E-state index contributed by atoms with van der Waals surface area (Å²) in [4.78, 5) is 32.6. The number of aliphatic hydroxyl groups is 1. The van der Waals surface area contributed by atoms with Gasteiger partial charge in [-0.3, -0.25) is 13.9 Å². The van der Waals surface area contributed by atoms with Crippen LogP contribution in [0.3, 0.4) is 0 Å². The Morgan fingerprint density at radius 3 is 2.55 bits per heavy atom. The van der Waals surface area contributed by atoms with Gasteiger partial charge < -0.3 is 19.3 Å². The molecule has 9 nitrogen and oxygen atoms in total. The number of hydrogen-bond acceptors (Lipinski definition) is 6. The third kappa shape index (κ3) is 3.74. The fourth-order valence-electron chi connectivity index (χ4n) is 4.13. The molecule has 0 saturated heterocycles. The Morgan fingerprint density at radius 2 is 1.87 bits per heavy atom. The second-order valence-corrected chi connectivity index (χ2v) is 7.89. The SMILES string of the molecule is CCCCCn1c(=O)c2c(nc3n2CC(O)CN3c2ccc(OCC)cc2)n(C)c1=O. The largest absolute Gasteiger partial charge is 0.494 e. The van der Waals surface area contributed by atoms with Crippen molar-refractivity contribution in [1.82, 2.24) is 18.7 Å². The normalized spacial score (nSPS) is 16.0. The fraction of sp³-hybridized carbons (Fsp3) is 0.500. The van der Waals surface area contributed by atoms with Crippen LogP contribution in [-0.2, 0) is 20.1 Å². The number of imidazole rings is 1. The fourth-order valence-corrected chi connectivity index (χ4v) is 4.13. The molecule has 31 heavy (non-hydrogen) atoms. The summed E-state index contributed by atoms with van der Waals surface area (Å²) in [6.45, 7) is 5.56. The number of fused-ring (bicyclic) bond motifs is 3. The third-order valence-electron chi connectivity index (χ3n) is 5.69. The molecule has 0 aliphatic carbocycles. The molecule has 1 atom stereocenters. The number of anilines is 2. The first-order chi connectivity index (χ1) is 15.0.